The van der Waals surface area contributed by atoms with E-state index in [1.165, 1.54) is 4.68 Å². The van der Waals surface area contributed by atoms with Crippen molar-refractivity contribution in [3.8, 4) is 17.4 Å². The third kappa shape index (κ3) is 2.67. The molecular formula is C18H16N4O2. The van der Waals surface area contributed by atoms with Crippen molar-refractivity contribution in [1.29, 1.82) is 0 Å². The average molecular weight is 320 g/mol. The summed E-state index contributed by atoms with van der Waals surface area (Å²) < 4.78 is 7.45. The summed E-state index contributed by atoms with van der Waals surface area (Å²) in [5, 5.41) is 11.6. The molecule has 24 heavy (non-hydrogen) atoms. The summed E-state index contributed by atoms with van der Waals surface area (Å²) in [5.74, 6) is 0.642. The van der Waals surface area contributed by atoms with Gasteiger partial charge in [-0.15, -0.1) is 0 Å². The number of carbonyl (C=O) groups excluding carboxylic acids is 1. The number of aromatic nitrogens is 4. The molecule has 0 radical (unpaired) electrons. The molecule has 4 rings (SSSR count). The number of carbonyl (C=O) groups is 1. The Kier molecular flexibility index (Phi) is 3.78. The molecule has 0 aliphatic heterocycles. The minimum atomic E-state index is 0.122. The van der Waals surface area contributed by atoms with Gasteiger partial charge in [-0.3, -0.25) is 4.79 Å². The van der Waals surface area contributed by atoms with Crippen LogP contribution in [0.2, 0.25) is 0 Å². The topological polar surface area (TPSA) is 69.9 Å². The van der Waals surface area contributed by atoms with Crippen LogP contribution in [0.5, 0.6) is 11.8 Å². The first-order valence-electron chi connectivity index (χ1n) is 8.00. The van der Waals surface area contributed by atoms with Crippen molar-refractivity contribution < 1.29 is 9.53 Å². The quantitative estimate of drug-likeness (QED) is 0.692. The number of ketones is 1. The monoisotopic (exact) mass is 320 g/mol. The van der Waals surface area contributed by atoms with Crippen LogP contribution in [0, 0.1) is 0 Å². The molecule has 0 saturated heterocycles. The molecule has 0 atom stereocenters. The maximum Gasteiger partial charge on any atom is 0.345 e. The fourth-order valence-corrected chi connectivity index (χ4v) is 2.98. The van der Waals surface area contributed by atoms with Gasteiger partial charge in [-0.2, -0.15) is 4.68 Å². The van der Waals surface area contributed by atoms with Crippen molar-refractivity contribution in [2.24, 2.45) is 0 Å². The van der Waals surface area contributed by atoms with Crippen LogP contribution >= 0.6 is 0 Å². The number of rotatable bonds is 3. The van der Waals surface area contributed by atoms with Gasteiger partial charge in [-0.1, -0.05) is 35.4 Å². The molecule has 1 aliphatic carbocycles. The van der Waals surface area contributed by atoms with Crippen LogP contribution in [0.1, 0.15) is 35.2 Å². The van der Waals surface area contributed by atoms with E-state index in [9.17, 15) is 4.79 Å². The van der Waals surface area contributed by atoms with Crippen LogP contribution in [0.3, 0.4) is 0 Å². The summed E-state index contributed by atoms with van der Waals surface area (Å²) in [5.41, 5.74) is 2.50. The summed E-state index contributed by atoms with van der Waals surface area (Å²) in [6, 6.07) is 15.4. The van der Waals surface area contributed by atoms with Crippen molar-refractivity contribution >= 4 is 5.78 Å². The van der Waals surface area contributed by atoms with E-state index in [0.717, 1.165) is 30.5 Å². The van der Waals surface area contributed by atoms with Crippen molar-refractivity contribution in [1.82, 2.24) is 20.2 Å². The van der Waals surface area contributed by atoms with Gasteiger partial charge in [0.05, 0.1) is 11.3 Å². The van der Waals surface area contributed by atoms with E-state index in [2.05, 4.69) is 15.5 Å². The number of fused-ring (bicyclic) bond motifs is 1. The summed E-state index contributed by atoms with van der Waals surface area (Å²) >= 11 is 0. The third-order valence-corrected chi connectivity index (χ3v) is 4.13. The number of ether oxygens (including phenoxy) is 1. The largest absolute Gasteiger partial charge is 0.422 e. The van der Waals surface area contributed by atoms with E-state index in [4.69, 9.17) is 4.74 Å². The van der Waals surface area contributed by atoms with Gasteiger partial charge in [0.15, 0.2) is 5.78 Å². The number of hydrogen-bond acceptors (Lipinski definition) is 5. The molecule has 0 unspecified atom stereocenters. The molecular weight excluding hydrogens is 304 g/mol. The predicted octanol–water partition coefficient (Wildman–Crippen LogP) is 3.36. The van der Waals surface area contributed by atoms with Gasteiger partial charge in [0.1, 0.15) is 5.75 Å². The standard InChI is InChI=1S/C18H16N4O2/c23-15-11-5-4-7-13-8-6-12-16(17(13)15)24-18-19-20-21-22(18)14-9-2-1-3-10-14/h1-3,6,8-10,12H,4-5,7,11H2. The van der Waals surface area contributed by atoms with Crippen LogP contribution in [0.4, 0.5) is 0 Å². The van der Waals surface area contributed by atoms with Gasteiger partial charge < -0.3 is 4.74 Å². The van der Waals surface area contributed by atoms with E-state index >= 15 is 0 Å². The molecule has 0 N–H and O–H groups in total. The van der Waals surface area contributed by atoms with Crippen LogP contribution in [-0.4, -0.2) is 26.0 Å². The Morgan fingerprint density at radius 1 is 0.958 bits per heavy atom. The second-order valence-electron chi connectivity index (χ2n) is 5.73. The van der Waals surface area contributed by atoms with Crippen LogP contribution in [0.25, 0.3) is 5.69 Å². The fourth-order valence-electron chi connectivity index (χ4n) is 2.98. The molecule has 0 fully saturated rings. The molecule has 0 spiro atoms. The maximum absolute atomic E-state index is 12.5. The first kappa shape index (κ1) is 14.6. The lowest BCUT2D eigenvalue weighted by Crippen LogP contribution is -2.06. The molecule has 0 saturated carbocycles. The highest BCUT2D eigenvalue weighted by molar-refractivity contribution is 6.00. The molecule has 6 heteroatoms. The highest BCUT2D eigenvalue weighted by atomic mass is 16.5. The second kappa shape index (κ2) is 6.23. The third-order valence-electron chi connectivity index (χ3n) is 4.13. The normalized spacial score (nSPS) is 14.1. The predicted molar refractivity (Wildman–Crippen MR) is 87.6 cm³/mol. The second-order valence-corrected chi connectivity index (χ2v) is 5.73. The molecule has 2 aromatic carbocycles. The number of aryl methyl sites for hydroxylation is 1. The first-order valence-corrected chi connectivity index (χ1v) is 8.00. The highest BCUT2D eigenvalue weighted by Crippen LogP contribution is 2.31. The Labute approximate surface area is 139 Å². The molecule has 1 heterocycles. The van der Waals surface area contributed by atoms with Gasteiger partial charge in [-0.25, -0.2) is 0 Å². The maximum atomic E-state index is 12.5. The first-order chi connectivity index (χ1) is 11.8. The number of hydrogen-bond donors (Lipinski definition) is 0. The van der Waals surface area contributed by atoms with E-state index in [1.807, 2.05) is 42.5 Å². The van der Waals surface area contributed by atoms with Crippen LogP contribution in [0.15, 0.2) is 48.5 Å². The van der Waals surface area contributed by atoms with Crippen LogP contribution in [-0.2, 0) is 6.42 Å². The summed E-state index contributed by atoms with van der Waals surface area (Å²) in [4.78, 5) is 12.5. The van der Waals surface area contributed by atoms with Crippen molar-refractivity contribution in [3.05, 3.63) is 59.7 Å². The van der Waals surface area contributed by atoms with Crippen molar-refractivity contribution in [2.75, 3.05) is 0 Å². The lowest BCUT2D eigenvalue weighted by atomic mass is 10.0. The van der Waals surface area contributed by atoms with E-state index in [-0.39, 0.29) is 11.8 Å². The lowest BCUT2D eigenvalue weighted by Gasteiger charge is -2.12. The Bertz CT molecular complexity index is 874. The van der Waals surface area contributed by atoms with Gasteiger partial charge in [-0.05, 0) is 53.5 Å². The van der Waals surface area contributed by atoms with Crippen molar-refractivity contribution in [3.63, 3.8) is 0 Å². The van der Waals surface area contributed by atoms with Crippen molar-refractivity contribution in [2.45, 2.75) is 25.7 Å². The molecule has 6 nitrogen and oxygen atoms in total. The van der Waals surface area contributed by atoms with E-state index in [1.54, 1.807) is 6.07 Å². The van der Waals surface area contributed by atoms with Gasteiger partial charge in [0, 0.05) is 6.42 Å². The Morgan fingerprint density at radius 2 is 1.79 bits per heavy atom. The molecule has 1 aromatic heterocycles. The summed E-state index contributed by atoms with van der Waals surface area (Å²) in [6.45, 7) is 0. The molecule has 0 amide bonds. The molecule has 0 bridgehead atoms. The summed E-state index contributed by atoms with van der Waals surface area (Å²) in [7, 11) is 0. The number of para-hydroxylation sites is 1. The SMILES string of the molecule is O=C1CCCCc2cccc(Oc3nnnn3-c3ccccc3)c21. The number of tetrazole rings is 1. The fraction of sp³-hybridized carbons (Fsp3) is 0.222. The minimum absolute atomic E-state index is 0.122. The Hall–Kier alpha value is -3.02. The smallest absolute Gasteiger partial charge is 0.345 e. The average Bonchev–Trinajstić information content (AvgIpc) is 2.99. The van der Waals surface area contributed by atoms with E-state index < -0.39 is 0 Å². The Balaban J connectivity index is 1.73. The highest BCUT2D eigenvalue weighted by Gasteiger charge is 2.22. The van der Waals surface area contributed by atoms with Gasteiger partial charge in [0.2, 0.25) is 0 Å². The number of Topliss-reactive ketones (excluding diaryl/α,β-unsaturated/α-hetero) is 1. The zero-order valence-electron chi connectivity index (χ0n) is 13.1. The molecule has 3 aromatic rings. The minimum Gasteiger partial charge on any atom is -0.422 e. The molecule has 1 aliphatic rings. The lowest BCUT2D eigenvalue weighted by molar-refractivity contribution is 0.0979. The zero-order valence-corrected chi connectivity index (χ0v) is 13.1. The van der Waals surface area contributed by atoms with Crippen LogP contribution < -0.4 is 4.74 Å². The van der Waals surface area contributed by atoms with E-state index in [0.29, 0.717) is 17.7 Å². The number of benzene rings is 2. The number of nitrogens with zero attached hydrogens (tertiary/aromatic N) is 4. The molecule has 120 valence electrons. The van der Waals surface area contributed by atoms with Gasteiger partial charge in [0.25, 0.3) is 0 Å². The Morgan fingerprint density at radius 3 is 2.67 bits per heavy atom. The van der Waals surface area contributed by atoms with Gasteiger partial charge >= 0.3 is 6.01 Å². The summed E-state index contributed by atoms with van der Waals surface area (Å²) in [6.07, 6.45) is 3.37. The zero-order chi connectivity index (χ0) is 16.4.